The Morgan fingerprint density at radius 1 is 0.964 bits per heavy atom. The first-order valence-electron chi connectivity index (χ1n) is 7.58. The van der Waals surface area contributed by atoms with E-state index in [2.05, 4.69) is 4.74 Å². The molecule has 0 radical (unpaired) electrons. The van der Waals surface area contributed by atoms with E-state index in [0.29, 0.717) is 6.07 Å². The third-order valence-corrected chi connectivity index (χ3v) is 5.64. The highest BCUT2D eigenvalue weighted by atomic mass is 127. The summed E-state index contributed by atoms with van der Waals surface area (Å²) in [4.78, 5) is 24.6. The zero-order chi connectivity index (χ0) is 21.5. The van der Waals surface area contributed by atoms with Crippen molar-refractivity contribution >= 4 is 57.1 Å². The van der Waals surface area contributed by atoms with Gasteiger partial charge < -0.3 is 9.84 Å². The number of phenolic OH excluding ortho intramolecular Hbond substituents is 1. The molecule has 0 amide bonds. The first-order valence-corrected chi connectivity index (χ1v) is 9.74. The first kappa shape index (κ1) is 22.8. The van der Waals surface area contributed by atoms with Crippen LogP contribution >= 0.6 is 45.2 Å². The Morgan fingerprint density at radius 3 is 2.04 bits per heavy atom. The summed E-state index contributed by atoms with van der Waals surface area (Å²) in [6.45, 7) is 4.69. The second kappa shape index (κ2) is 8.13. The predicted molar refractivity (Wildman–Crippen MR) is 108 cm³/mol. The zero-order valence-electron chi connectivity index (χ0n) is 14.6. The molecular formula is C18H12F4I2O4. The molecule has 0 bridgehead atoms. The summed E-state index contributed by atoms with van der Waals surface area (Å²) in [7, 11) is 0. The molecule has 150 valence electrons. The standard InChI is InChI=1S/C18H12F4I2O4/c1-18(2,3)11-12(21)13(22)15(25)10(14(11)24)17(27)28-16(26)6-4-7(19)8(20)5-9(6)23/h4-5,25H,1-3H3. The van der Waals surface area contributed by atoms with Crippen molar-refractivity contribution in [1.82, 2.24) is 0 Å². The fraction of sp³-hybridized carbons (Fsp3) is 0.222. The van der Waals surface area contributed by atoms with Gasteiger partial charge in [0.25, 0.3) is 0 Å². The van der Waals surface area contributed by atoms with Gasteiger partial charge in [0.1, 0.15) is 5.56 Å². The molecule has 0 atom stereocenters. The van der Waals surface area contributed by atoms with Gasteiger partial charge in [0.2, 0.25) is 5.82 Å². The van der Waals surface area contributed by atoms with Gasteiger partial charge in [-0.25, -0.2) is 22.8 Å². The smallest absolute Gasteiger partial charge is 0.351 e. The fourth-order valence-corrected chi connectivity index (χ4v) is 4.53. The average molecular weight is 622 g/mol. The molecular weight excluding hydrogens is 610 g/mol. The van der Waals surface area contributed by atoms with Crippen LogP contribution in [0.25, 0.3) is 0 Å². The SMILES string of the molecule is CC(C)(C)c1c(F)c(F)c(O)c(C(=O)OC(=O)c2cc(F)c(F)cc2I)c1I. The number of hydrogen-bond donors (Lipinski definition) is 1. The van der Waals surface area contributed by atoms with Gasteiger partial charge in [-0.15, -0.1) is 0 Å². The lowest BCUT2D eigenvalue weighted by Crippen LogP contribution is -2.22. The van der Waals surface area contributed by atoms with E-state index >= 15 is 0 Å². The van der Waals surface area contributed by atoms with E-state index in [1.165, 1.54) is 45.2 Å². The van der Waals surface area contributed by atoms with Gasteiger partial charge in [0.15, 0.2) is 23.2 Å². The van der Waals surface area contributed by atoms with E-state index in [0.717, 1.165) is 6.07 Å². The Balaban J connectivity index is 2.52. The Labute approximate surface area is 184 Å². The molecule has 0 unspecified atom stereocenters. The average Bonchev–Trinajstić information content (AvgIpc) is 2.54. The summed E-state index contributed by atoms with van der Waals surface area (Å²) in [6.07, 6.45) is 0. The molecule has 2 aromatic rings. The van der Waals surface area contributed by atoms with Gasteiger partial charge >= 0.3 is 11.9 Å². The maximum absolute atomic E-state index is 14.3. The number of halogens is 6. The molecule has 0 saturated heterocycles. The van der Waals surface area contributed by atoms with Gasteiger partial charge in [-0.3, -0.25) is 0 Å². The molecule has 0 aliphatic carbocycles. The number of benzene rings is 2. The highest BCUT2D eigenvalue weighted by molar-refractivity contribution is 14.1. The van der Waals surface area contributed by atoms with Crippen molar-refractivity contribution in [2.45, 2.75) is 26.2 Å². The maximum atomic E-state index is 14.3. The minimum absolute atomic E-state index is 0.0334. The van der Waals surface area contributed by atoms with Crippen molar-refractivity contribution in [3.8, 4) is 5.75 Å². The van der Waals surface area contributed by atoms with Crippen LogP contribution in [0.2, 0.25) is 0 Å². The lowest BCUT2D eigenvalue weighted by Gasteiger charge is -2.23. The Bertz CT molecular complexity index is 1000. The summed E-state index contributed by atoms with van der Waals surface area (Å²) in [5.74, 6) is -9.63. The van der Waals surface area contributed by atoms with Gasteiger partial charge in [0, 0.05) is 12.7 Å². The maximum Gasteiger partial charge on any atom is 0.351 e. The molecule has 0 heterocycles. The molecule has 2 rings (SSSR count). The number of ether oxygens (including phenoxy) is 1. The summed E-state index contributed by atoms with van der Waals surface area (Å²) in [5.41, 5.74) is -2.31. The molecule has 0 aliphatic heterocycles. The lowest BCUT2D eigenvalue weighted by molar-refractivity contribution is 0.0393. The molecule has 0 fully saturated rings. The van der Waals surface area contributed by atoms with Crippen molar-refractivity contribution < 1.29 is 37.0 Å². The highest BCUT2D eigenvalue weighted by Gasteiger charge is 2.34. The number of rotatable bonds is 2. The third kappa shape index (κ3) is 4.26. The third-order valence-electron chi connectivity index (χ3n) is 3.67. The Hall–Kier alpha value is -1.44. The van der Waals surface area contributed by atoms with Crippen LogP contribution in [0.3, 0.4) is 0 Å². The summed E-state index contributed by atoms with van der Waals surface area (Å²) in [5, 5.41) is 9.90. The van der Waals surface area contributed by atoms with Crippen molar-refractivity contribution in [3.63, 3.8) is 0 Å². The van der Waals surface area contributed by atoms with Gasteiger partial charge in [0.05, 0.1) is 5.56 Å². The number of carbonyl (C=O) groups excluding carboxylic acids is 2. The van der Waals surface area contributed by atoms with Gasteiger partial charge in [-0.05, 0) is 62.7 Å². The molecule has 0 aromatic heterocycles. The second-order valence-corrected chi connectivity index (χ2v) is 8.95. The van der Waals surface area contributed by atoms with Crippen LogP contribution in [0, 0.1) is 30.4 Å². The summed E-state index contributed by atoms with van der Waals surface area (Å²) < 4.78 is 59.4. The highest BCUT2D eigenvalue weighted by Crippen LogP contribution is 2.38. The second-order valence-electron chi connectivity index (χ2n) is 6.71. The normalized spacial score (nSPS) is 11.5. The molecule has 0 spiro atoms. The van der Waals surface area contributed by atoms with E-state index < -0.39 is 57.5 Å². The van der Waals surface area contributed by atoms with Crippen LogP contribution in [0.4, 0.5) is 17.6 Å². The molecule has 28 heavy (non-hydrogen) atoms. The predicted octanol–water partition coefficient (Wildman–Crippen LogP) is 5.45. The topological polar surface area (TPSA) is 63.6 Å². The number of aromatic hydroxyl groups is 1. The molecule has 1 N–H and O–H groups in total. The van der Waals surface area contributed by atoms with Crippen molar-refractivity contribution in [2.24, 2.45) is 0 Å². The molecule has 4 nitrogen and oxygen atoms in total. The van der Waals surface area contributed by atoms with Crippen molar-refractivity contribution in [2.75, 3.05) is 0 Å². The van der Waals surface area contributed by atoms with E-state index in [1.807, 2.05) is 0 Å². The largest absolute Gasteiger partial charge is 0.504 e. The zero-order valence-corrected chi connectivity index (χ0v) is 18.9. The molecule has 0 aliphatic rings. The molecule has 2 aromatic carbocycles. The van der Waals surface area contributed by atoms with Gasteiger partial charge in [-0.1, -0.05) is 20.8 Å². The number of carbonyl (C=O) groups is 2. The number of hydrogen-bond acceptors (Lipinski definition) is 4. The molecule has 10 heteroatoms. The van der Waals surface area contributed by atoms with E-state index in [9.17, 15) is 32.3 Å². The van der Waals surface area contributed by atoms with Gasteiger partial charge in [-0.2, -0.15) is 4.39 Å². The quantitative estimate of drug-likeness (QED) is 0.159. The Morgan fingerprint density at radius 2 is 1.50 bits per heavy atom. The van der Waals surface area contributed by atoms with Crippen LogP contribution < -0.4 is 0 Å². The van der Waals surface area contributed by atoms with Crippen LogP contribution in [-0.4, -0.2) is 17.0 Å². The fourth-order valence-electron chi connectivity index (χ4n) is 2.36. The van der Waals surface area contributed by atoms with Crippen molar-refractivity contribution in [1.29, 1.82) is 0 Å². The minimum Gasteiger partial charge on any atom is -0.504 e. The van der Waals surface area contributed by atoms with Crippen LogP contribution in [0.15, 0.2) is 12.1 Å². The van der Waals surface area contributed by atoms with Crippen LogP contribution in [0.5, 0.6) is 5.75 Å². The monoisotopic (exact) mass is 622 g/mol. The number of esters is 2. The van der Waals surface area contributed by atoms with Crippen LogP contribution in [-0.2, 0) is 10.2 Å². The van der Waals surface area contributed by atoms with Crippen LogP contribution in [0.1, 0.15) is 47.1 Å². The van der Waals surface area contributed by atoms with E-state index in [4.69, 9.17) is 0 Å². The summed E-state index contributed by atoms with van der Waals surface area (Å²) >= 11 is 3.08. The Kier molecular flexibility index (Phi) is 6.63. The molecule has 0 saturated carbocycles. The van der Waals surface area contributed by atoms with Crippen molar-refractivity contribution in [3.05, 3.63) is 59.2 Å². The number of phenols is 1. The first-order chi connectivity index (χ1) is 12.8. The van der Waals surface area contributed by atoms with E-state index in [1.54, 1.807) is 20.8 Å². The lowest BCUT2D eigenvalue weighted by atomic mass is 9.85. The summed E-state index contributed by atoms with van der Waals surface area (Å²) in [6, 6.07) is 1.27. The van der Waals surface area contributed by atoms with E-state index in [-0.39, 0.29) is 12.7 Å². The minimum atomic E-state index is -1.66.